The lowest BCUT2D eigenvalue weighted by Gasteiger charge is -2.22. The van der Waals surface area contributed by atoms with Crippen LogP contribution in [0.1, 0.15) is 42.3 Å². The highest BCUT2D eigenvalue weighted by Gasteiger charge is 2.56. The van der Waals surface area contributed by atoms with Gasteiger partial charge in [0.2, 0.25) is 0 Å². The van der Waals surface area contributed by atoms with Crippen LogP contribution in [0.4, 0.5) is 0 Å². The predicted octanol–water partition coefficient (Wildman–Crippen LogP) is 3.75. The molecule has 0 unspecified atom stereocenters. The molecule has 2 aromatic carbocycles. The summed E-state index contributed by atoms with van der Waals surface area (Å²) in [5.74, 6) is -0.372. The van der Waals surface area contributed by atoms with Crippen LogP contribution in [0.3, 0.4) is 0 Å². The number of ether oxygens (including phenoxy) is 4. The first-order valence-electron chi connectivity index (χ1n) is 10.0. The van der Waals surface area contributed by atoms with Gasteiger partial charge < -0.3 is 24.1 Å². The Kier molecular flexibility index (Phi) is 5.88. The van der Waals surface area contributed by atoms with Crippen LogP contribution in [0.15, 0.2) is 42.5 Å². The summed E-state index contributed by atoms with van der Waals surface area (Å²) in [6.07, 6.45) is -3.04. The molecule has 160 valence electrons. The van der Waals surface area contributed by atoms with E-state index in [1.807, 2.05) is 31.2 Å². The number of aliphatic hydroxyl groups is 1. The fourth-order valence-corrected chi connectivity index (χ4v) is 4.01. The summed E-state index contributed by atoms with van der Waals surface area (Å²) in [6.45, 7) is 6.03. The molecule has 0 spiro atoms. The first-order valence-corrected chi connectivity index (χ1v) is 10.4. The minimum absolute atomic E-state index is 0.327. The van der Waals surface area contributed by atoms with Gasteiger partial charge in [0.1, 0.15) is 18.0 Å². The van der Waals surface area contributed by atoms with Gasteiger partial charge in [0.05, 0.1) is 6.61 Å². The number of Topliss-reactive ketones (excluding diaryl/α,β-unsaturated/α-hetero) is 1. The van der Waals surface area contributed by atoms with Crippen molar-refractivity contribution >= 4 is 17.4 Å². The van der Waals surface area contributed by atoms with Gasteiger partial charge in [-0.2, -0.15) is 0 Å². The third kappa shape index (κ3) is 4.24. The van der Waals surface area contributed by atoms with Crippen LogP contribution in [-0.2, 0) is 20.6 Å². The number of benzene rings is 2. The zero-order chi connectivity index (χ0) is 21.5. The molecule has 0 radical (unpaired) electrons. The molecule has 0 amide bonds. The van der Waals surface area contributed by atoms with E-state index in [-0.39, 0.29) is 5.78 Å². The van der Waals surface area contributed by atoms with E-state index >= 15 is 0 Å². The van der Waals surface area contributed by atoms with Crippen LogP contribution < -0.4 is 4.74 Å². The normalized spacial score (nSPS) is 27.1. The molecule has 4 atom stereocenters. The second-order valence-corrected chi connectivity index (χ2v) is 8.35. The fourth-order valence-electron chi connectivity index (χ4n) is 3.83. The number of carbonyl (C=O) groups is 1. The maximum Gasteiger partial charge on any atom is 0.194 e. The van der Waals surface area contributed by atoms with E-state index in [0.717, 1.165) is 16.9 Å². The topological polar surface area (TPSA) is 74.2 Å². The largest absolute Gasteiger partial charge is 0.494 e. The predicted molar refractivity (Wildman–Crippen MR) is 111 cm³/mol. The van der Waals surface area contributed by atoms with Crippen LogP contribution in [0.5, 0.6) is 5.75 Å². The summed E-state index contributed by atoms with van der Waals surface area (Å²) in [7, 11) is 0. The molecule has 7 heteroatoms. The summed E-state index contributed by atoms with van der Waals surface area (Å²) < 4.78 is 22.4. The first-order chi connectivity index (χ1) is 14.3. The third-order valence-corrected chi connectivity index (χ3v) is 5.60. The van der Waals surface area contributed by atoms with E-state index < -0.39 is 30.4 Å². The zero-order valence-electron chi connectivity index (χ0n) is 17.1. The number of rotatable bonds is 6. The molecular formula is C23H25ClO6. The average molecular weight is 433 g/mol. The Balaban J connectivity index is 1.50. The van der Waals surface area contributed by atoms with Gasteiger partial charge in [0.25, 0.3) is 0 Å². The minimum atomic E-state index is -1.10. The highest BCUT2D eigenvalue weighted by Crippen LogP contribution is 2.38. The van der Waals surface area contributed by atoms with Crippen molar-refractivity contribution in [1.29, 1.82) is 0 Å². The lowest BCUT2D eigenvalue weighted by Crippen LogP contribution is -2.38. The minimum Gasteiger partial charge on any atom is -0.494 e. The van der Waals surface area contributed by atoms with Crippen LogP contribution >= 0.6 is 11.6 Å². The van der Waals surface area contributed by atoms with Crippen LogP contribution in [-0.4, -0.2) is 47.9 Å². The van der Waals surface area contributed by atoms with E-state index in [1.165, 1.54) is 0 Å². The van der Waals surface area contributed by atoms with Gasteiger partial charge in [-0.05, 0) is 68.7 Å². The van der Waals surface area contributed by atoms with E-state index in [0.29, 0.717) is 23.6 Å². The van der Waals surface area contributed by atoms with Crippen molar-refractivity contribution in [3.63, 3.8) is 0 Å². The molecule has 2 saturated heterocycles. The lowest BCUT2D eigenvalue weighted by atomic mass is 9.97. The van der Waals surface area contributed by atoms with E-state index in [1.54, 1.807) is 32.0 Å². The standard InChI is InChI=1S/C23H25ClO6/c1-4-27-16-8-5-13(6-9-16)11-15-12-14(7-10-17(15)24)18(25)20-19(26)21-22(28-20)30-23(2,3)29-21/h5-10,12,19-22,26H,4,11H2,1-3H3/t19-,20-,21-,22-/m0/s1. The molecule has 0 saturated carbocycles. The number of hydrogen-bond acceptors (Lipinski definition) is 6. The SMILES string of the molecule is CCOc1ccc(Cc2cc(C(=O)[C@@H]3O[C@H]4OC(C)(C)O[C@H]4[C@H]3O)ccc2Cl)cc1. The van der Waals surface area contributed by atoms with E-state index in [4.69, 9.17) is 30.5 Å². The monoisotopic (exact) mass is 432 g/mol. The lowest BCUT2D eigenvalue weighted by molar-refractivity contribution is -0.208. The van der Waals surface area contributed by atoms with Crippen molar-refractivity contribution in [2.24, 2.45) is 0 Å². The molecule has 2 aliphatic rings. The number of aliphatic hydroxyl groups excluding tert-OH is 1. The summed E-state index contributed by atoms with van der Waals surface area (Å²) >= 11 is 6.37. The smallest absolute Gasteiger partial charge is 0.194 e. The Morgan fingerprint density at radius 2 is 1.90 bits per heavy atom. The quantitative estimate of drug-likeness (QED) is 0.701. The van der Waals surface area contributed by atoms with Gasteiger partial charge >= 0.3 is 0 Å². The fraction of sp³-hybridized carbons (Fsp3) is 0.435. The number of halogens is 1. The average Bonchev–Trinajstić information content (AvgIpc) is 3.17. The molecule has 30 heavy (non-hydrogen) atoms. The van der Waals surface area contributed by atoms with E-state index in [9.17, 15) is 9.90 Å². The Bertz CT molecular complexity index is 926. The number of carbonyl (C=O) groups excluding carboxylic acids is 1. The number of hydrogen-bond donors (Lipinski definition) is 1. The van der Waals surface area contributed by atoms with Crippen molar-refractivity contribution < 1.29 is 28.8 Å². The maximum absolute atomic E-state index is 13.0. The van der Waals surface area contributed by atoms with Crippen molar-refractivity contribution in [2.45, 2.75) is 57.6 Å². The van der Waals surface area contributed by atoms with Gasteiger partial charge in [-0.25, -0.2) is 0 Å². The maximum atomic E-state index is 13.0. The van der Waals surface area contributed by atoms with Gasteiger partial charge in [0.15, 0.2) is 24.0 Å². The van der Waals surface area contributed by atoms with Gasteiger partial charge in [-0.1, -0.05) is 23.7 Å². The summed E-state index contributed by atoms with van der Waals surface area (Å²) in [5.41, 5.74) is 2.28. The third-order valence-electron chi connectivity index (χ3n) is 5.23. The number of fused-ring (bicyclic) bond motifs is 1. The Hall–Kier alpha value is -1.96. The van der Waals surface area contributed by atoms with Crippen LogP contribution in [0, 0.1) is 0 Å². The Morgan fingerprint density at radius 1 is 1.17 bits per heavy atom. The summed E-state index contributed by atoms with van der Waals surface area (Å²) in [6, 6.07) is 12.8. The van der Waals surface area contributed by atoms with Crippen LogP contribution in [0.2, 0.25) is 5.02 Å². The van der Waals surface area contributed by atoms with Gasteiger partial charge in [-0.15, -0.1) is 0 Å². The van der Waals surface area contributed by atoms with Crippen molar-refractivity contribution in [2.75, 3.05) is 6.61 Å². The molecule has 2 heterocycles. The number of ketones is 1. The van der Waals surface area contributed by atoms with Crippen molar-refractivity contribution in [3.8, 4) is 5.75 Å². The van der Waals surface area contributed by atoms with Crippen LogP contribution in [0.25, 0.3) is 0 Å². The molecule has 2 aliphatic heterocycles. The van der Waals surface area contributed by atoms with Gasteiger partial charge in [0, 0.05) is 10.6 Å². The first kappa shape index (κ1) is 21.3. The molecule has 2 fully saturated rings. The highest BCUT2D eigenvalue weighted by atomic mass is 35.5. The summed E-state index contributed by atoms with van der Waals surface area (Å²) in [4.78, 5) is 13.0. The van der Waals surface area contributed by atoms with Crippen molar-refractivity contribution in [3.05, 3.63) is 64.2 Å². The van der Waals surface area contributed by atoms with E-state index in [2.05, 4.69) is 0 Å². The molecule has 6 nitrogen and oxygen atoms in total. The Morgan fingerprint density at radius 3 is 2.57 bits per heavy atom. The molecule has 0 aliphatic carbocycles. The second-order valence-electron chi connectivity index (χ2n) is 7.94. The zero-order valence-corrected chi connectivity index (χ0v) is 17.9. The molecular weight excluding hydrogens is 408 g/mol. The summed E-state index contributed by atoms with van der Waals surface area (Å²) in [5, 5.41) is 11.1. The molecule has 0 bridgehead atoms. The molecule has 1 N–H and O–H groups in total. The molecule has 2 aromatic rings. The molecule has 0 aromatic heterocycles. The highest BCUT2D eigenvalue weighted by molar-refractivity contribution is 6.31. The Labute approximate surface area is 180 Å². The molecule has 4 rings (SSSR count). The van der Waals surface area contributed by atoms with Gasteiger partial charge in [-0.3, -0.25) is 4.79 Å². The second kappa shape index (κ2) is 8.29. The van der Waals surface area contributed by atoms with Crippen molar-refractivity contribution in [1.82, 2.24) is 0 Å².